The van der Waals surface area contributed by atoms with Crippen molar-refractivity contribution < 1.29 is 5.11 Å². The maximum Gasteiger partial charge on any atom is 0.244 e. The number of nitrogens with zero attached hydrogens (tertiary/aromatic N) is 4. The predicted octanol–water partition coefficient (Wildman–Crippen LogP) is 3.49. The molecule has 0 bridgehead atoms. The van der Waals surface area contributed by atoms with Crippen molar-refractivity contribution >= 4 is 17.1 Å². The first-order chi connectivity index (χ1) is 11.3. The minimum atomic E-state index is -0.197. The molecule has 0 aliphatic heterocycles. The van der Waals surface area contributed by atoms with Gasteiger partial charge in [-0.2, -0.15) is 9.97 Å². The lowest BCUT2D eigenvalue weighted by atomic mass is 9.69. The first kappa shape index (κ1) is 16.9. The van der Waals surface area contributed by atoms with Crippen LogP contribution in [0.4, 0.5) is 5.95 Å². The summed E-state index contributed by atoms with van der Waals surface area (Å²) in [6.45, 7) is 7.05. The van der Waals surface area contributed by atoms with Gasteiger partial charge in [-0.05, 0) is 42.9 Å². The topological polar surface area (TPSA) is 97.8 Å². The molecule has 24 heavy (non-hydrogen) atoms. The van der Waals surface area contributed by atoms with E-state index in [9.17, 15) is 5.11 Å². The van der Waals surface area contributed by atoms with Crippen molar-refractivity contribution in [1.29, 1.82) is 0 Å². The Morgan fingerprint density at radius 2 is 1.83 bits per heavy atom. The van der Waals surface area contributed by atoms with Gasteiger partial charge >= 0.3 is 0 Å². The fraction of sp³-hybridized carbons (Fsp3) is 0.667. The van der Waals surface area contributed by atoms with E-state index in [1.807, 2.05) is 0 Å². The molecule has 6 heteroatoms. The fourth-order valence-corrected chi connectivity index (χ4v) is 3.74. The van der Waals surface area contributed by atoms with Crippen LogP contribution in [0, 0.1) is 17.3 Å². The summed E-state index contributed by atoms with van der Waals surface area (Å²) in [6, 6.07) is 0. The summed E-state index contributed by atoms with van der Waals surface area (Å²) < 4.78 is 0. The lowest BCUT2D eigenvalue weighted by molar-refractivity contribution is 0.146. The smallest absolute Gasteiger partial charge is 0.244 e. The monoisotopic (exact) mass is 329 g/mol. The van der Waals surface area contributed by atoms with E-state index >= 15 is 0 Å². The molecule has 130 valence electrons. The van der Waals surface area contributed by atoms with Crippen LogP contribution in [0.15, 0.2) is 6.20 Å². The molecule has 1 aliphatic rings. The Bertz CT molecular complexity index is 717. The molecule has 2 aromatic rings. The number of nitrogen functional groups attached to an aromatic ring is 1. The zero-order valence-corrected chi connectivity index (χ0v) is 14.8. The van der Waals surface area contributed by atoms with Crippen molar-refractivity contribution in [2.45, 2.75) is 59.3 Å². The number of aromatic nitrogens is 4. The SMILES string of the molecule is CC(C)(C)[C@H]1CC[C@H](CCc2cnc3nc(N)nc(O)c3n2)CC1. The third kappa shape index (κ3) is 3.74. The van der Waals surface area contributed by atoms with Crippen LogP contribution in [-0.2, 0) is 6.42 Å². The Balaban J connectivity index is 1.61. The Morgan fingerprint density at radius 3 is 2.50 bits per heavy atom. The van der Waals surface area contributed by atoms with Crippen LogP contribution < -0.4 is 5.73 Å². The number of aromatic hydroxyl groups is 1. The Morgan fingerprint density at radius 1 is 1.12 bits per heavy atom. The van der Waals surface area contributed by atoms with E-state index in [0.29, 0.717) is 16.6 Å². The molecule has 0 amide bonds. The zero-order valence-electron chi connectivity index (χ0n) is 14.8. The number of fused-ring (bicyclic) bond motifs is 1. The second-order valence-electron chi connectivity index (χ2n) is 8.06. The van der Waals surface area contributed by atoms with E-state index < -0.39 is 0 Å². The molecule has 0 unspecified atom stereocenters. The molecular formula is C18H27N5O. The molecule has 0 aromatic carbocycles. The van der Waals surface area contributed by atoms with Gasteiger partial charge in [0, 0.05) is 0 Å². The Hall–Kier alpha value is -1.98. The highest BCUT2D eigenvalue weighted by Gasteiger charge is 2.29. The van der Waals surface area contributed by atoms with Gasteiger partial charge in [0.15, 0.2) is 11.2 Å². The molecule has 1 aliphatic carbocycles. The van der Waals surface area contributed by atoms with Crippen LogP contribution in [0.2, 0.25) is 0 Å². The van der Waals surface area contributed by atoms with Gasteiger partial charge in [0.1, 0.15) is 0 Å². The Kier molecular flexibility index (Phi) is 4.56. The van der Waals surface area contributed by atoms with Crippen LogP contribution in [0.3, 0.4) is 0 Å². The van der Waals surface area contributed by atoms with E-state index in [-0.39, 0.29) is 11.8 Å². The van der Waals surface area contributed by atoms with Gasteiger partial charge in [-0.3, -0.25) is 0 Å². The quantitative estimate of drug-likeness (QED) is 0.894. The first-order valence-corrected chi connectivity index (χ1v) is 8.81. The van der Waals surface area contributed by atoms with Gasteiger partial charge in [-0.15, -0.1) is 0 Å². The minimum Gasteiger partial charge on any atom is -0.492 e. The van der Waals surface area contributed by atoms with Gasteiger partial charge in [-0.25, -0.2) is 9.97 Å². The van der Waals surface area contributed by atoms with Crippen molar-refractivity contribution in [3.63, 3.8) is 0 Å². The highest BCUT2D eigenvalue weighted by atomic mass is 16.3. The summed E-state index contributed by atoms with van der Waals surface area (Å²) >= 11 is 0. The third-order valence-corrected chi connectivity index (χ3v) is 5.34. The third-order valence-electron chi connectivity index (χ3n) is 5.34. The molecule has 0 radical (unpaired) electrons. The molecule has 3 N–H and O–H groups in total. The van der Waals surface area contributed by atoms with Gasteiger partial charge in [0.05, 0.1) is 11.9 Å². The summed E-state index contributed by atoms with van der Waals surface area (Å²) in [4.78, 5) is 16.5. The normalized spacial score (nSPS) is 22.0. The molecule has 6 nitrogen and oxygen atoms in total. The highest BCUT2D eigenvalue weighted by Crippen LogP contribution is 2.40. The largest absolute Gasteiger partial charge is 0.492 e. The van der Waals surface area contributed by atoms with Crippen molar-refractivity contribution in [2.24, 2.45) is 17.3 Å². The zero-order chi connectivity index (χ0) is 17.3. The lowest BCUT2D eigenvalue weighted by Gasteiger charge is -2.37. The first-order valence-electron chi connectivity index (χ1n) is 8.81. The second kappa shape index (κ2) is 6.49. The average Bonchev–Trinajstić information content (AvgIpc) is 2.52. The van der Waals surface area contributed by atoms with Crippen LogP contribution >= 0.6 is 0 Å². The summed E-state index contributed by atoms with van der Waals surface area (Å²) in [5.41, 5.74) is 7.49. The number of hydrogen-bond donors (Lipinski definition) is 2. The summed E-state index contributed by atoms with van der Waals surface area (Å²) in [5, 5.41) is 9.87. The number of nitrogens with two attached hydrogens (primary N) is 1. The van der Waals surface area contributed by atoms with Crippen molar-refractivity contribution in [3.8, 4) is 5.88 Å². The molecule has 0 saturated heterocycles. The number of hydrogen-bond acceptors (Lipinski definition) is 6. The molecule has 1 fully saturated rings. The van der Waals surface area contributed by atoms with Gasteiger partial charge in [-0.1, -0.05) is 33.6 Å². The Labute approximate surface area is 142 Å². The molecular weight excluding hydrogens is 302 g/mol. The molecule has 2 aromatic heterocycles. The summed E-state index contributed by atoms with van der Waals surface area (Å²) in [6.07, 6.45) is 8.97. The summed E-state index contributed by atoms with van der Waals surface area (Å²) in [7, 11) is 0. The van der Waals surface area contributed by atoms with Crippen LogP contribution in [0.5, 0.6) is 5.88 Å². The van der Waals surface area contributed by atoms with Crippen molar-refractivity contribution in [3.05, 3.63) is 11.9 Å². The number of anilines is 1. The maximum absolute atomic E-state index is 9.87. The highest BCUT2D eigenvalue weighted by molar-refractivity contribution is 5.75. The van der Waals surface area contributed by atoms with E-state index in [0.717, 1.165) is 30.4 Å². The molecule has 3 rings (SSSR count). The van der Waals surface area contributed by atoms with E-state index in [2.05, 4.69) is 40.7 Å². The van der Waals surface area contributed by atoms with Crippen LogP contribution in [0.25, 0.3) is 11.2 Å². The lowest BCUT2D eigenvalue weighted by Crippen LogP contribution is -2.26. The van der Waals surface area contributed by atoms with Crippen molar-refractivity contribution in [2.75, 3.05) is 5.73 Å². The molecule has 0 atom stereocenters. The van der Waals surface area contributed by atoms with Gasteiger partial charge in [0.25, 0.3) is 0 Å². The van der Waals surface area contributed by atoms with E-state index in [1.54, 1.807) is 6.20 Å². The van der Waals surface area contributed by atoms with E-state index in [1.165, 1.54) is 25.7 Å². The number of aryl methyl sites for hydroxylation is 1. The maximum atomic E-state index is 9.87. The number of rotatable bonds is 3. The standard InChI is InChI=1S/C18H27N5O/c1-18(2,3)12-7-4-11(5-8-12)6-9-13-10-20-15-14(21-13)16(24)23-17(19)22-15/h10-12H,4-9H2,1-3H3,(H3,19,20,22,23,24)/t11-,12-. The van der Waals surface area contributed by atoms with Gasteiger partial charge in [0.2, 0.25) is 11.8 Å². The minimum absolute atomic E-state index is 0.0117. The van der Waals surface area contributed by atoms with Crippen LogP contribution in [-0.4, -0.2) is 25.0 Å². The average molecular weight is 329 g/mol. The molecule has 1 saturated carbocycles. The second-order valence-corrected chi connectivity index (χ2v) is 8.06. The summed E-state index contributed by atoms with van der Waals surface area (Å²) in [5.74, 6) is 1.42. The van der Waals surface area contributed by atoms with Gasteiger partial charge < -0.3 is 10.8 Å². The van der Waals surface area contributed by atoms with E-state index in [4.69, 9.17) is 5.73 Å². The molecule has 0 spiro atoms. The van der Waals surface area contributed by atoms with Crippen LogP contribution in [0.1, 0.15) is 58.6 Å². The predicted molar refractivity (Wildman–Crippen MR) is 94.4 cm³/mol. The molecule has 2 heterocycles. The fourth-order valence-electron chi connectivity index (χ4n) is 3.74. The van der Waals surface area contributed by atoms with Crippen molar-refractivity contribution in [1.82, 2.24) is 19.9 Å².